The van der Waals surface area contributed by atoms with Gasteiger partial charge in [0.1, 0.15) is 17.4 Å². The van der Waals surface area contributed by atoms with Crippen molar-refractivity contribution in [3.8, 4) is 16.9 Å². The summed E-state index contributed by atoms with van der Waals surface area (Å²) in [4.78, 5) is 5.92. The lowest BCUT2D eigenvalue weighted by Gasteiger charge is -2.05. The predicted octanol–water partition coefficient (Wildman–Crippen LogP) is 7.05. The monoisotopic (exact) mass is 454 g/mol. The van der Waals surface area contributed by atoms with E-state index in [1.165, 1.54) is 12.1 Å². The minimum atomic E-state index is -0.236. The van der Waals surface area contributed by atoms with Crippen LogP contribution < -0.4 is 4.74 Å². The van der Waals surface area contributed by atoms with Crippen molar-refractivity contribution < 1.29 is 13.5 Å². The van der Waals surface area contributed by atoms with E-state index in [4.69, 9.17) is 4.74 Å². The molecule has 2 heterocycles. The van der Waals surface area contributed by atoms with E-state index in [0.29, 0.717) is 10.0 Å². The van der Waals surface area contributed by atoms with Crippen LogP contribution >= 0.6 is 15.9 Å². The van der Waals surface area contributed by atoms with Crippen LogP contribution in [0, 0.1) is 11.6 Å². The van der Waals surface area contributed by atoms with Crippen LogP contribution in [0.1, 0.15) is 0 Å². The van der Waals surface area contributed by atoms with Gasteiger partial charge in [0.05, 0.1) is 11.6 Å². The molecule has 5 rings (SSSR count). The van der Waals surface area contributed by atoms with Gasteiger partial charge >= 0.3 is 0 Å². The van der Waals surface area contributed by atoms with Gasteiger partial charge in [-0.15, -0.1) is 0 Å². The van der Waals surface area contributed by atoms with Crippen molar-refractivity contribution in [1.82, 2.24) is 9.97 Å². The number of halogens is 3. The number of aromatic amines is 2. The third-order valence-corrected chi connectivity index (χ3v) is 5.24. The number of benzene rings is 3. The zero-order valence-electron chi connectivity index (χ0n) is 15.5. The Morgan fingerprint density at radius 3 is 1.97 bits per heavy atom. The summed E-state index contributed by atoms with van der Waals surface area (Å²) in [6, 6.07) is 17.8. The Morgan fingerprint density at radius 1 is 0.759 bits per heavy atom. The molecule has 0 radical (unpaired) electrons. The molecule has 5 aromatic rings. The summed E-state index contributed by atoms with van der Waals surface area (Å²) in [6.45, 7) is 0. The highest BCUT2D eigenvalue weighted by atomic mass is 79.9. The Balaban J connectivity index is 0.000000159. The predicted molar refractivity (Wildman–Crippen MR) is 116 cm³/mol. The Labute approximate surface area is 174 Å². The molecule has 6 heteroatoms. The van der Waals surface area contributed by atoms with Crippen molar-refractivity contribution in [2.45, 2.75) is 0 Å². The Bertz CT molecular complexity index is 1240. The first-order chi connectivity index (χ1) is 14.0. The van der Waals surface area contributed by atoms with Crippen molar-refractivity contribution in [3.63, 3.8) is 0 Å². The van der Waals surface area contributed by atoms with Crippen molar-refractivity contribution in [2.75, 3.05) is 7.11 Å². The number of fused-ring (bicyclic) bond motifs is 2. The molecule has 2 N–H and O–H groups in total. The van der Waals surface area contributed by atoms with Crippen LogP contribution in [0.25, 0.3) is 32.9 Å². The van der Waals surface area contributed by atoms with Gasteiger partial charge in [-0.2, -0.15) is 0 Å². The van der Waals surface area contributed by atoms with Gasteiger partial charge in [0.2, 0.25) is 0 Å². The van der Waals surface area contributed by atoms with Crippen molar-refractivity contribution >= 4 is 37.7 Å². The fourth-order valence-corrected chi connectivity index (χ4v) is 3.47. The second-order valence-corrected chi connectivity index (χ2v) is 7.31. The quantitative estimate of drug-likeness (QED) is 0.294. The molecule has 0 saturated heterocycles. The van der Waals surface area contributed by atoms with E-state index in [2.05, 4.69) is 25.9 Å². The van der Waals surface area contributed by atoms with Crippen LogP contribution in [0.3, 0.4) is 0 Å². The van der Waals surface area contributed by atoms with E-state index in [1.807, 2.05) is 48.7 Å². The lowest BCUT2D eigenvalue weighted by Crippen LogP contribution is -1.86. The van der Waals surface area contributed by atoms with Crippen LogP contribution in [-0.4, -0.2) is 17.1 Å². The normalized spacial score (nSPS) is 10.8. The van der Waals surface area contributed by atoms with Crippen molar-refractivity contribution in [1.29, 1.82) is 0 Å². The molecule has 0 bridgehead atoms. The first-order valence-corrected chi connectivity index (χ1v) is 9.67. The summed E-state index contributed by atoms with van der Waals surface area (Å²) >= 11 is 3.11. The SMILES string of the molecule is COc1ccc(-c2cc3cc[nH]c3cc2F)cc1.Fc1cc2[nH]ccc2cc1Br. The summed E-state index contributed by atoms with van der Waals surface area (Å²) in [5.74, 6) is 0.303. The topological polar surface area (TPSA) is 40.8 Å². The average Bonchev–Trinajstić information content (AvgIpc) is 3.37. The number of hydrogen-bond donors (Lipinski definition) is 2. The second-order valence-electron chi connectivity index (χ2n) is 6.46. The van der Waals surface area contributed by atoms with Gasteiger partial charge in [0.25, 0.3) is 0 Å². The number of H-pyrrole nitrogens is 2. The molecule has 0 fully saturated rings. The Morgan fingerprint density at radius 2 is 1.34 bits per heavy atom. The van der Waals surface area contributed by atoms with Gasteiger partial charge in [-0.1, -0.05) is 12.1 Å². The van der Waals surface area contributed by atoms with Crippen LogP contribution in [0.15, 0.2) is 77.5 Å². The highest BCUT2D eigenvalue weighted by Gasteiger charge is 2.08. The Kier molecular flexibility index (Phi) is 5.36. The summed E-state index contributed by atoms with van der Waals surface area (Å²) in [6.07, 6.45) is 3.60. The number of hydrogen-bond acceptors (Lipinski definition) is 1. The molecular formula is C23H17BrF2N2O. The van der Waals surface area contributed by atoms with E-state index in [-0.39, 0.29) is 11.6 Å². The van der Waals surface area contributed by atoms with Gasteiger partial charge in [-0.3, -0.25) is 0 Å². The summed E-state index contributed by atoms with van der Waals surface area (Å²) in [5.41, 5.74) is 3.08. The minimum Gasteiger partial charge on any atom is -0.497 e. The molecule has 0 unspecified atom stereocenters. The molecular weight excluding hydrogens is 438 g/mol. The van der Waals surface area contributed by atoms with E-state index < -0.39 is 0 Å². The fourth-order valence-electron chi connectivity index (χ4n) is 3.11. The molecule has 0 aliphatic carbocycles. The number of aromatic nitrogens is 2. The number of rotatable bonds is 2. The van der Waals surface area contributed by atoms with Gasteiger partial charge < -0.3 is 14.7 Å². The highest BCUT2D eigenvalue weighted by molar-refractivity contribution is 9.10. The zero-order chi connectivity index (χ0) is 20.4. The molecule has 29 heavy (non-hydrogen) atoms. The lowest BCUT2D eigenvalue weighted by molar-refractivity contribution is 0.415. The zero-order valence-corrected chi connectivity index (χ0v) is 17.1. The molecule has 146 valence electrons. The molecule has 0 aliphatic heterocycles. The molecule has 0 amide bonds. The maximum absolute atomic E-state index is 14.0. The minimum absolute atomic E-state index is 0.227. The maximum atomic E-state index is 14.0. The number of methoxy groups -OCH3 is 1. The third kappa shape index (κ3) is 4.03. The van der Waals surface area contributed by atoms with Crippen molar-refractivity contribution in [2.24, 2.45) is 0 Å². The van der Waals surface area contributed by atoms with Crippen LogP contribution in [0.4, 0.5) is 8.78 Å². The summed E-state index contributed by atoms with van der Waals surface area (Å²) < 4.78 is 32.5. The molecule has 0 aliphatic rings. The molecule has 0 saturated carbocycles. The number of nitrogens with one attached hydrogen (secondary N) is 2. The highest BCUT2D eigenvalue weighted by Crippen LogP contribution is 2.28. The standard InChI is InChI=1S/C15H12FNO.C8H5BrFN/c1-18-12-4-2-10(3-5-12)13-8-11-6-7-17-15(11)9-14(13)16;9-6-3-5-1-2-11-8(5)4-7(6)10/h2-9,17H,1H3;1-4,11H. The van der Waals surface area contributed by atoms with Gasteiger partial charge in [0, 0.05) is 39.8 Å². The molecule has 2 aromatic heterocycles. The van der Waals surface area contributed by atoms with E-state index in [0.717, 1.165) is 33.1 Å². The van der Waals surface area contributed by atoms with E-state index in [9.17, 15) is 8.78 Å². The summed E-state index contributed by atoms with van der Waals surface area (Å²) in [7, 11) is 1.61. The lowest BCUT2D eigenvalue weighted by atomic mass is 10.0. The van der Waals surface area contributed by atoms with Crippen LogP contribution in [0.2, 0.25) is 0 Å². The van der Waals surface area contributed by atoms with Gasteiger partial charge in [-0.25, -0.2) is 8.78 Å². The average molecular weight is 455 g/mol. The molecule has 3 nitrogen and oxygen atoms in total. The molecule has 0 spiro atoms. The molecule has 0 atom stereocenters. The fraction of sp³-hybridized carbons (Fsp3) is 0.0435. The maximum Gasteiger partial charge on any atom is 0.139 e. The third-order valence-electron chi connectivity index (χ3n) is 4.64. The van der Waals surface area contributed by atoms with Crippen molar-refractivity contribution in [3.05, 3.63) is 89.2 Å². The van der Waals surface area contributed by atoms with Gasteiger partial charge in [-0.05, 0) is 70.0 Å². The van der Waals surface area contributed by atoms with E-state index in [1.54, 1.807) is 19.4 Å². The van der Waals surface area contributed by atoms with Gasteiger partial charge in [0.15, 0.2) is 0 Å². The Hall–Kier alpha value is -3.12. The first kappa shape index (κ1) is 19.2. The van der Waals surface area contributed by atoms with E-state index >= 15 is 0 Å². The number of ether oxygens (including phenoxy) is 1. The largest absolute Gasteiger partial charge is 0.497 e. The second kappa shape index (κ2) is 8.09. The molecule has 3 aromatic carbocycles. The van der Waals surface area contributed by atoms with Crippen LogP contribution in [-0.2, 0) is 0 Å². The first-order valence-electron chi connectivity index (χ1n) is 8.88. The van der Waals surface area contributed by atoms with Crippen LogP contribution in [0.5, 0.6) is 5.75 Å². The summed E-state index contributed by atoms with van der Waals surface area (Å²) in [5, 5.41) is 2.01. The smallest absolute Gasteiger partial charge is 0.139 e.